The Morgan fingerprint density at radius 3 is 2.71 bits per heavy atom. The lowest BCUT2D eigenvalue weighted by Crippen LogP contribution is -2.14. The number of amides is 1. The number of aromatic nitrogens is 2. The van der Waals surface area contributed by atoms with E-state index in [1.807, 2.05) is 19.9 Å². The van der Waals surface area contributed by atoms with Gasteiger partial charge in [-0.2, -0.15) is 0 Å². The van der Waals surface area contributed by atoms with E-state index < -0.39 is 5.91 Å². The first kappa shape index (κ1) is 11.3. The molecular formula is C13H13N3O. The molecule has 0 fully saturated rings. The van der Waals surface area contributed by atoms with E-state index in [-0.39, 0.29) is 0 Å². The van der Waals surface area contributed by atoms with Gasteiger partial charge in [-0.1, -0.05) is 0 Å². The molecule has 0 aliphatic heterocycles. The molecule has 2 heterocycles. The van der Waals surface area contributed by atoms with E-state index in [9.17, 15) is 4.79 Å². The number of hydrogen-bond donors (Lipinski definition) is 1. The van der Waals surface area contributed by atoms with Gasteiger partial charge in [0.25, 0.3) is 5.91 Å². The van der Waals surface area contributed by atoms with E-state index in [0.717, 1.165) is 16.8 Å². The maximum Gasteiger partial charge on any atom is 0.250 e. The number of nitrogens with zero attached hydrogens (tertiary/aromatic N) is 2. The second kappa shape index (κ2) is 4.33. The lowest BCUT2D eigenvalue weighted by Gasteiger charge is -2.09. The number of primary amides is 1. The predicted molar refractivity (Wildman–Crippen MR) is 65.5 cm³/mol. The third kappa shape index (κ3) is 2.15. The Labute approximate surface area is 99.5 Å². The standard InChI is InChI=1S/C13H13N3O/c1-8-6-11(13(14)17)12(16-9(8)2)10-4-3-5-15-7-10/h3-7H,1-2H3,(H2,14,17). The predicted octanol–water partition coefficient (Wildman–Crippen LogP) is 1.86. The maximum atomic E-state index is 11.4. The second-order valence-corrected chi connectivity index (χ2v) is 3.89. The highest BCUT2D eigenvalue weighted by Crippen LogP contribution is 2.22. The Morgan fingerprint density at radius 2 is 2.12 bits per heavy atom. The maximum absolute atomic E-state index is 11.4. The van der Waals surface area contributed by atoms with Crippen molar-refractivity contribution >= 4 is 5.91 Å². The van der Waals surface area contributed by atoms with Crippen LogP contribution in [-0.4, -0.2) is 15.9 Å². The number of aryl methyl sites for hydroxylation is 2. The molecule has 0 bridgehead atoms. The van der Waals surface area contributed by atoms with Crippen LogP contribution >= 0.6 is 0 Å². The molecule has 2 aromatic heterocycles. The zero-order chi connectivity index (χ0) is 12.4. The lowest BCUT2D eigenvalue weighted by atomic mass is 10.0. The van der Waals surface area contributed by atoms with Crippen molar-refractivity contribution in [2.24, 2.45) is 5.73 Å². The van der Waals surface area contributed by atoms with Gasteiger partial charge in [0.2, 0.25) is 0 Å². The highest BCUT2D eigenvalue weighted by Gasteiger charge is 2.13. The molecule has 4 heteroatoms. The molecule has 2 rings (SSSR count). The Bertz CT molecular complexity index is 564. The highest BCUT2D eigenvalue weighted by atomic mass is 16.1. The molecule has 0 atom stereocenters. The minimum Gasteiger partial charge on any atom is -0.366 e. The summed E-state index contributed by atoms with van der Waals surface area (Å²) in [7, 11) is 0. The molecule has 86 valence electrons. The third-order valence-corrected chi connectivity index (χ3v) is 2.67. The van der Waals surface area contributed by atoms with Crippen molar-refractivity contribution in [2.45, 2.75) is 13.8 Å². The van der Waals surface area contributed by atoms with Crippen LogP contribution in [0.2, 0.25) is 0 Å². The van der Waals surface area contributed by atoms with Crippen LogP contribution in [0.3, 0.4) is 0 Å². The Hall–Kier alpha value is -2.23. The minimum atomic E-state index is -0.473. The molecule has 0 aliphatic carbocycles. The molecule has 17 heavy (non-hydrogen) atoms. The van der Waals surface area contributed by atoms with Crippen LogP contribution in [0.25, 0.3) is 11.3 Å². The van der Waals surface area contributed by atoms with Gasteiger partial charge >= 0.3 is 0 Å². The van der Waals surface area contributed by atoms with Crippen LogP contribution < -0.4 is 5.73 Å². The fourth-order valence-electron chi connectivity index (χ4n) is 1.62. The van der Waals surface area contributed by atoms with Crippen molar-refractivity contribution in [1.82, 2.24) is 9.97 Å². The van der Waals surface area contributed by atoms with Crippen molar-refractivity contribution in [3.63, 3.8) is 0 Å². The quantitative estimate of drug-likeness (QED) is 0.851. The van der Waals surface area contributed by atoms with Crippen LogP contribution in [0, 0.1) is 13.8 Å². The summed E-state index contributed by atoms with van der Waals surface area (Å²) in [6, 6.07) is 5.43. The average Bonchev–Trinajstić information content (AvgIpc) is 2.33. The number of carbonyl (C=O) groups excluding carboxylic acids is 1. The van der Waals surface area contributed by atoms with Crippen molar-refractivity contribution in [1.29, 1.82) is 0 Å². The second-order valence-electron chi connectivity index (χ2n) is 3.89. The number of hydrogen-bond acceptors (Lipinski definition) is 3. The summed E-state index contributed by atoms with van der Waals surface area (Å²) in [6.07, 6.45) is 3.35. The van der Waals surface area contributed by atoms with Gasteiger partial charge in [-0.3, -0.25) is 14.8 Å². The van der Waals surface area contributed by atoms with E-state index in [0.29, 0.717) is 11.3 Å². The molecule has 0 saturated heterocycles. The van der Waals surface area contributed by atoms with Gasteiger partial charge in [0, 0.05) is 23.7 Å². The van der Waals surface area contributed by atoms with Crippen molar-refractivity contribution in [3.8, 4) is 11.3 Å². The fraction of sp³-hybridized carbons (Fsp3) is 0.154. The first-order valence-electron chi connectivity index (χ1n) is 5.28. The third-order valence-electron chi connectivity index (χ3n) is 2.67. The van der Waals surface area contributed by atoms with Crippen LogP contribution in [0.4, 0.5) is 0 Å². The van der Waals surface area contributed by atoms with Crippen LogP contribution in [-0.2, 0) is 0 Å². The summed E-state index contributed by atoms with van der Waals surface area (Å²) in [6.45, 7) is 3.81. The molecule has 0 radical (unpaired) electrons. The smallest absolute Gasteiger partial charge is 0.250 e. The number of rotatable bonds is 2. The molecule has 0 saturated carbocycles. The van der Waals surface area contributed by atoms with Crippen molar-refractivity contribution < 1.29 is 4.79 Å². The molecule has 0 aliphatic rings. The molecular weight excluding hydrogens is 214 g/mol. The summed E-state index contributed by atoms with van der Waals surface area (Å²) >= 11 is 0. The largest absolute Gasteiger partial charge is 0.366 e. The van der Waals surface area contributed by atoms with E-state index in [2.05, 4.69) is 9.97 Å². The molecule has 0 spiro atoms. The Kier molecular flexibility index (Phi) is 2.87. The minimum absolute atomic E-state index is 0.432. The number of carbonyl (C=O) groups is 1. The molecule has 0 aromatic carbocycles. The monoisotopic (exact) mass is 227 g/mol. The van der Waals surface area contributed by atoms with Gasteiger partial charge < -0.3 is 5.73 Å². The topological polar surface area (TPSA) is 68.9 Å². The zero-order valence-electron chi connectivity index (χ0n) is 9.77. The van der Waals surface area contributed by atoms with Crippen molar-refractivity contribution in [2.75, 3.05) is 0 Å². The Morgan fingerprint density at radius 1 is 1.35 bits per heavy atom. The summed E-state index contributed by atoms with van der Waals surface area (Å²) in [5.41, 5.74) is 9.02. The molecule has 2 aromatic rings. The normalized spacial score (nSPS) is 10.2. The number of pyridine rings is 2. The van der Waals surface area contributed by atoms with Crippen LogP contribution in [0.1, 0.15) is 21.6 Å². The molecule has 2 N–H and O–H groups in total. The van der Waals surface area contributed by atoms with Crippen LogP contribution in [0.15, 0.2) is 30.6 Å². The first-order chi connectivity index (χ1) is 8.09. The summed E-state index contributed by atoms with van der Waals surface area (Å²) < 4.78 is 0. The van der Waals surface area contributed by atoms with E-state index in [1.54, 1.807) is 24.5 Å². The van der Waals surface area contributed by atoms with Gasteiger partial charge in [0.1, 0.15) is 0 Å². The van der Waals surface area contributed by atoms with Gasteiger partial charge in [0.15, 0.2) is 0 Å². The highest BCUT2D eigenvalue weighted by molar-refractivity contribution is 5.99. The van der Waals surface area contributed by atoms with Gasteiger partial charge in [0.05, 0.1) is 11.3 Å². The summed E-state index contributed by atoms with van der Waals surface area (Å²) in [5.74, 6) is -0.473. The Balaban J connectivity index is 2.68. The SMILES string of the molecule is Cc1cc(C(N)=O)c(-c2cccnc2)nc1C. The summed E-state index contributed by atoms with van der Waals surface area (Å²) in [4.78, 5) is 19.9. The summed E-state index contributed by atoms with van der Waals surface area (Å²) in [5, 5.41) is 0. The number of nitrogens with two attached hydrogens (primary N) is 1. The molecule has 0 unspecified atom stereocenters. The fourth-order valence-corrected chi connectivity index (χ4v) is 1.62. The van der Waals surface area contributed by atoms with Gasteiger partial charge in [-0.05, 0) is 37.6 Å². The van der Waals surface area contributed by atoms with E-state index in [4.69, 9.17) is 5.73 Å². The van der Waals surface area contributed by atoms with E-state index >= 15 is 0 Å². The first-order valence-corrected chi connectivity index (χ1v) is 5.28. The zero-order valence-corrected chi connectivity index (χ0v) is 9.77. The van der Waals surface area contributed by atoms with E-state index in [1.165, 1.54) is 0 Å². The van der Waals surface area contributed by atoms with Gasteiger partial charge in [-0.25, -0.2) is 0 Å². The molecule has 1 amide bonds. The van der Waals surface area contributed by atoms with Crippen LogP contribution in [0.5, 0.6) is 0 Å². The molecule has 4 nitrogen and oxygen atoms in total. The lowest BCUT2D eigenvalue weighted by molar-refractivity contribution is 0.100. The van der Waals surface area contributed by atoms with Gasteiger partial charge in [-0.15, -0.1) is 0 Å². The average molecular weight is 227 g/mol. The van der Waals surface area contributed by atoms with Crippen molar-refractivity contribution in [3.05, 3.63) is 47.4 Å².